The molecule has 0 fully saturated rings. The van der Waals surface area contributed by atoms with Crippen LogP contribution in [0.15, 0.2) is 40.9 Å². The SMILES string of the molecule is Cc1cc(-n2c(C)cc(C(=O)COC(=O)c3c(C)nn(-c4ccc(F)cc4)c3C)c2C)no1. The van der Waals surface area contributed by atoms with E-state index in [0.29, 0.717) is 39.9 Å². The number of carbonyl (C=O) groups excluding carboxylic acids is 2. The Kier molecular flexibility index (Phi) is 5.71. The van der Waals surface area contributed by atoms with Crippen molar-refractivity contribution in [2.24, 2.45) is 0 Å². The second-order valence-corrected chi connectivity index (χ2v) is 7.85. The van der Waals surface area contributed by atoms with E-state index in [1.54, 1.807) is 56.6 Å². The van der Waals surface area contributed by atoms with Crippen LogP contribution < -0.4 is 0 Å². The fourth-order valence-electron chi connectivity index (χ4n) is 3.91. The summed E-state index contributed by atoms with van der Waals surface area (Å²) in [5, 5.41) is 8.38. The van der Waals surface area contributed by atoms with E-state index in [0.717, 1.165) is 5.69 Å². The fourth-order valence-corrected chi connectivity index (χ4v) is 3.91. The fraction of sp³-hybridized carbons (Fsp3) is 0.250. The van der Waals surface area contributed by atoms with Crippen LogP contribution in [0.4, 0.5) is 4.39 Å². The third-order valence-electron chi connectivity index (χ3n) is 5.48. The highest BCUT2D eigenvalue weighted by molar-refractivity contribution is 6.01. The summed E-state index contributed by atoms with van der Waals surface area (Å²) in [5.74, 6) is -0.0995. The highest BCUT2D eigenvalue weighted by Crippen LogP contribution is 2.22. The van der Waals surface area contributed by atoms with Crippen molar-refractivity contribution in [1.29, 1.82) is 0 Å². The lowest BCUT2D eigenvalue weighted by Crippen LogP contribution is -2.16. The van der Waals surface area contributed by atoms with Crippen LogP contribution in [0.3, 0.4) is 0 Å². The van der Waals surface area contributed by atoms with Crippen molar-refractivity contribution in [3.63, 3.8) is 0 Å². The van der Waals surface area contributed by atoms with Gasteiger partial charge in [-0.3, -0.25) is 9.36 Å². The number of hydrogen-bond donors (Lipinski definition) is 0. The molecule has 4 aromatic rings. The molecule has 170 valence electrons. The maximum atomic E-state index is 13.2. The molecule has 0 amide bonds. The highest BCUT2D eigenvalue weighted by atomic mass is 19.1. The van der Waals surface area contributed by atoms with Gasteiger partial charge in [0, 0.05) is 23.0 Å². The molecule has 0 radical (unpaired) electrons. The minimum atomic E-state index is -0.646. The lowest BCUT2D eigenvalue weighted by molar-refractivity contribution is 0.0473. The molecule has 3 heterocycles. The number of ether oxygens (including phenoxy) is 1. The van der Waals surface area contributed by atoms with Gasteiger partial charge in [0.2, 0.25) is 5.78 Å². The van der Waals surface area contributed by atoms with Gasteiger partial charge in [-0.05, 0) is 65.0 Å². The minimum Gasteiger partial charge on any atom is -0.454 e. The summed E-state index contributed by atoms with van der Waals surface area (Å²) >= 11 is 0. The third-order valence-corrected chi connectivity index (χ3v) is 5.48. The summed E-state index contributed by atoms with van der Waals surface area (Å²) in [4.78, 5) is 25.6. The summed E-state index contributed by atoms with van der Waals surface area (Å²) in [7, 11) is 0. The number of rotatable bonds is 6. The summed E-state index contributed by atoms with van der Waals surface area (Å²) in [6.45, 7) is 8.43. The molecule has 1 aromatic carbocycles. The molecule has 0 bridgehead atoms. The number of esters is 1. The van der Waals surface area contributed by atoms with Gasteiger partial charge in [0.1, 0.15) is 17.1 Å². The molecule has 0 N–H and O–H groups in total. The van der Waals surface area contributed by atoms with Crippen LogP contribution in [0.25, 0.3) is 11.5 Å². The number of aryl methyl sites for hydroxylation is 3. The second-order valence-electron chi connectivity index (χ2n) is 7.85. The van der Waals surface area contributed by atoms with Crippen molar-refractivity contribution in [1.82, 2.24) is 19.5 Å². The van der Waals surface area contributed by atoms with Gasteiger partial charge in [0.05, 0.1) is 17.1 Å². The maximum absolute atomic E-state index is 13.2. The number of carbonyl (C=O) groups is 2. The normalized spacial score (nSPS) is 11.1. The molecule has 0 aliphatic heterocycles. The second kappa shape index (κ2) is 8.50. The Morgan fingerprint density at radius 2 is 1.73 bits per heavy atom. The van der Waals surface area contributed by atoms with Crippen molar-refractivity contribution in [2.45, 2.75) is 34.6 Å². The van der Waals surface area contributed by atoms with E-state index in [-0.39, 0.29) is 17.2 Å². The number of Topliss-reactive ketones (excluding diaryl/α,β-unsaturated/α-hetero) is 1. The van der Waals surface area contributed by atoms with Crippen molar-refractivity contribution in [3.05, 3.63) is 81.9 Å². The van der Waals surface area contributed by atoms with E-state index < -0.39 is 12.6 Å². The Hall–Kier alpha value is -4.01. The molecular formula is C24H23FN4O4. The molecule has 0 saturated heterocycles. The average Bonchev–Trinajstić information content (AvgIpc) is 3.41. The van der Waals surface area contributed by atoms with E-state index in [9.17, 15) is 14.0 Å². The van der Waals surface area contributed by atoms with Crippen LogP contribution >= 0.6 is 0 Å². The van der Waals surface area contributed by atoms with Crippen LogP contribution in [-0.2, 0) is 4.74 Å². The van der Waals surface area contributed by atoms with Gasteiger partial charge in [-0.2, -0.15) is 5.10 Å². The Labute approximate surface area is 189 Å². The molecule has 0 unspecified atom stereocenters. The van der Waals surface area contributed by atoms with Crippen molar-refractivity contribution < 1.29 is 23.2 Å². The van der Waals surface area contributed by atoms with E-state index in [2.05, 4.69) is 10.3 Å². The van der Waals surface area contributed by atoms with Gasteiger partial charge in [-0.15, -0.1) is 0 Å². The molecule has 0 aliphatic rings. The first-order valence-electron chi connectivity index (χ1n) is 10.3. The molecule has 8 nitrogen and oxygen atoms in total. The number of benzene rings is 1. The first-order chi connectivity index (χ1) is 15.7. The van der Waals surface area contributed by atoms with Gasteiger partial charge < -0.3 is 9.26 Å². The maximum Gasteiger partial charge on any atom is 0.342 e. The molecular weight excluding hydrogens is 427 g/mol. The summed E-state index contributed by atoms with van der Waals surface area (Å²) in [5.41, 5.74) is 3.81. The third kappa shape index (κ3) is 4.09. The number of hydrogen-bond acceptors (Lipinski definition) is 6. The van der Waals surface area contributed by atoms with Crippen LogP contribution in [0.2, 0.25) is 0 Å². The highest BCUT2D eigenvalue weighted by Gasteiger charge is 2.24. The predicted molar refractivity (Wildman–Crippen MR) is 118 cm³/mol. The number of ketones is 1. The topological polar surface area (TPSA) is 92.2 Å². The first kappa shape index (κ1) is 22.2. The van der Waals surface area contributed by atoms with Crippen LogP contribution in [0.5, 0.6) is 0 Å². The predicted octanol–water partition coefficient (Wildman–Crippen LogP) is 4.37. The smallest absolute Gasteiger partial charge is 0.342 e. The lowest BCUT2D eigenvalue weighted by Gasteiger charge is -2.07. The van der Waals surface area contributed by atoms with E-state index in [4.69, 9.17) is 9.26 Å². The van der Waals surface area contributed by atoms with E-state index in [1.807, 2.05) is 11.5 Å². The van der Waals surface area contributed by atoms with Gasteiger partial charge in [-0.25, -0.2) is 13.9 Å². The Bertz CT molecular complexity index is 1360. The zero-order chi connectivity index (χ0) is 23.9. The van der Waals surface area contributed by atoms with Gasteiger partial charge in [0.15, 0.2) is 12.4 Å². The number of nitrogens with zero attached hydrogens (tertiary/aromatic N) is 4. The van der Waals surface area contributed by atoms with Crippen LogP contribution in [0.1, 0.15) is 49.3 Å². The van der Waals surface area contributed by atoms with Crippen LogP contribution in [0, 0.1) is 40.4 Å². The Morgan fingerprint density at radius 3 is 2.36 bits per heavy atom. The molecule has 3 aromatic heterocycles. The van der Waals surface area contributed by atoms with Gasteiger partial charge in [0.25, 0.3) is 0 Å². The Morgan fingerprint density at radius 1 is 1.03 bits per heavy atom. The largest absolute Gasteiger partial charge is 0.454 e. The quantitative estimate of drug-likeness (QED) is 0.320. The minimum absolute atomic E-state index is 0.274. The molecule has 4 rings (SSSR count). The van der Waals surface area contributed by atoms with Crippen LogP contribution in [-0.4, -0.2) is 37.9 Å². The molecule has 33 heavy (non-hydrogen) atoms. The average molecular weight is 450 g/mol. The summed E-state index contributed by atoms with van der Waals surface area (Å²) in [6.07, 6.45) is 0. The monoisotopic (exact) mass is 450 g/mol. The summed E-state index contributed by atoms with van der Waals surface area (Å²) < 4.78 is 27.1. The number of halogens is 1. The molecule has 0 spiro atoms. The van der Waals surface area contributed by atoms with E-state index in [1.165, 1.54) is 12.1 Å². The zero-order valence-electron chi connectivity index (χ0n) is 19.0. The number of aromatic nitrogens is 4. The van der Waals surface area contributed by atoms with Gasteiger partial charge >= 0.3 is 5.97 Å². The molecule has 0 saturated carbocycles. The lowest BCUT2D eigenvalue weighted by atomic mass is 10.1. The van der Waals surface area contributed by atoms with Gasteiger partial charge in [-0.1, -0.05) is 5.16 Å². The molecule has 0 atom stereocenters. The first-order valence-corrected chi connectivity index (χ1v) is 10.3. The standard InChI is InChI=1S/C24H23FN4O4/c1-13-10-20(16(4)28(13)22-11-14(2)33-27-22)21(30)12-32-24(31)23-15(3)26-29(17(23)5)19-8-6-18(25)7-9-19/h6-11H,12H2,1-5H3. The summed E-state index contributed by atoms with van der Waals surface area (Å²) in [6, 6.07) is 9.29. The van der Waals surface area contributed by atoms with E-state index >= 15 is 0 Å². The molecule has 9 heteroatoms. The van der Waals surface area contributed by atoms with Crippen molar-refractivity contribution in [3.8, 4) is 11.5 Å². The van der Waals surface area contributed by atoms with Crippen molar-refractivity contribution in [2.75, 3.05) is 6.61 Å². The Balaban J connectivity index is 1.52. The molecule has 0 aliphatic carbocycles. The van der Waals surface area contributed by atoms with Crippen molar-refractivity contribution >= 4 is 11.8 Å². The zero-order valence-corrected chi connectivity index (χ0v) is 19.0.